The Kier molecular flexibility index (Phi) is 4.24. The first kappa shape index (κ1) is 9.07. The summed E-state index contributed by atoms with van der Waals surface area (Å²) in [6, 6.07) is 13.9. The molecule has 0 saturated carbocycles. The molecular formula is C10H10BrN. The average molecular weight is 224 g/mol. The molecule has 0 fully saturated rings. The third-order valence-corrected chi connectivity index (χ3v) is 1.72. The van der Waals surface area contributed by atoms with Crippen LogP contribution in [-0.2, 0) is 0 Å². The van der Waals surface area contributed by atoms with E-state index in [1.807, 2.05) is 54.9 Å². The highest BCUT2D eigenvalue weighted by atomic mass is 79.9. The first-order chi connectivity index (χ1) is 5.89. The zero-order chi connectivity index (χ0) is 8.65. The normalized spacial score (nSPS) is 8.42. The van der Waals surface area contributed by atoms with Crippen molar-refractivity contribution in [1.29, 1.82) is 0 Å². The maximum absolute atomic E-state index is 3.25. The summed E-state index contributed by atoms with van der Waals surface area (Å²) in [5.41, 5.74) is 0. The fourth-order valence-electron chi connectivity index (χ4n) is 0.688. The van der Waals surface area contributed by atoms with Crippen molar-refractivity contribution in [2.75, 3.05) is 0 Å². The van der Waals surface area contributed by atoms with Crippen LogP contribution in [0.1, 0.15) is 0 Å². The molecule has 0 aliphatic rings. The standard InChI is InChI=1S/C6H6.C4H4BrN/c1-2-4-6-5-3-1;5-4-1-2-6-3-4/h1-6H;1-3,6H. The number of H-pyrrole nitrogens is 1. The van der Waals surface area contributed by atoms with Gasteiger partial charge in [-0.1, -0.05) is 36.4 Å². The Labute approximate surface area is 80.6 Å². The molecule has 62 valence electrons. The zero-order valence-electron chi connectivity index (χ0n) is 6.57. The predicted octanol–water partition coefficient (Wildman–Crippen LogP) is 3.46. The number of hydrogen-bond acceptors (Lipinski definition) is 0. The van der Waals surface area contributed by atoms with E-state index < -0.39 is 0 Å². The van der Waals surface area contributed by atoms with Crippen LogP contribution in [0.25, 0.3) is 0 Å². The number of aromatic amines is 1. The Morgan fingerprint density at radius 3 is 1.58 bits per heavy atom. The van der Waals surface area contributed by atoms with E-state index in [2.05, 4.69) is 20.9 Å². The van der Waals surface area contributed by atoms with Gasteiger partial charge in [0.2, 0.25) is 0 Å². The van der Waals surface area contributed by atoms with Gasteiger partial charge in [0.05, 0.1) is 0 Å². The minimum absolute atomic E-state index is 1.10. The molecule has 0 saturated heterocycles. The van der Waals surface area contributed by atoms with Gasteiger partial charge in [0, 0.05) is 16.9 Å². The Balaban J connectivity index is 0.000000120. The number of nitrogens with one attached hydrogen (secondary N) is 1. The van der Waals surface area contributed by atoms with Gasteiger partial charge in [-0.3, -0.25) is 0 Å². The zero-order valence-corrected chi connectivity index (χ0v) is 8.16. The van der Waals surface area contributed by atoms with E-state index in [4.69, 9.17) is 0 Å². The molecule has 2 aromatic rings. The van der Waals surface area contributed by atoms with Crippen molar-refractivity contribution in [2.45, 2.75) is 0 Å². The number of hydrogen-bond donors (Lipinski definition) is 1. The Morgan fingerprint density at radius 2 is 1.42 bits per heavy atom. The molecule has 1 nitrogen and oxygen atoms in total. The summed E-state index contributed by atoms with van der Waals surface area (Å²) in [7, 11) is 0. The molecule has 0 atom stereocenters. The topological polar surface area (TPSA) is 15.8 Å². The van der Waals surface area contributed by atoms with Crippen LogP contribution in [0, 0.1) is 0 Å². The number of aromatic nitrogens is 1. The van der Waals surface area contributed by atoms with E-state index in [9.17, 15) is 0 Å². The maximum atomic E-state index is 3.25. The van der Waals surface area contributed by atoms with Crippen LogP contribution < -0.4 is 0 Å². The molecule has 0 spiro atoms. The van der Waals surface area contributed by atoms with E-state index in [1.54, 1.807) is 0 Å². The SMILES string of the molecule is Brc1cc[nH]c1.c1ccccc1. The lowest BCUT2D eigenvalue weighted by Crippen LogP contribution is -1.47. The Bertz CT molecular complexity index is 249. The summed E-state index contributed by atoms with van der Waals surface area (Å²) in [5, 5.41) is 0. The maximum Gasteiger partial charge on any atom is 0.0349 e. The van der Waals surface area contributed by atoms with E-state index in [0.717, 1.165) is 4.47 Å². The highest BCUT2D eigenvalue weighted by Crippen LogP contribution is 2.03. The van der Waals surface area contributed by atoms with Crippen molar-refractivity contribution in [3.63, 3.8) is 0 Å². The summed E-state index contributed by atoms with van der Waals surface area (Å²) in [6.07, 6.45) is 3.74. The van der Waals surface area contributed by atoms with Gasteiger partial charge in [0.1, 0.15) is 0 Å². The molecule has 1 aromatic heterocycles. The van der Waals surface area contributed by atoms with Crippen LogP contribution in [0.3, 0.4) is 0 Å². The summed E-state index contributed by atoms with van der Waals surface area (Å²) in [5.74, 6) is 0. The average Bonchev–Trinajstić information content (AvgIpc) is 2.60. The molecule has 0 amide bonds. The van der Waals surface area contributed by atoms with Crippen LogP contribution in [0.4, 0.5) is 0 Å². The van der Waals surface area contributed by atoms with Gasteiger partial charge in [-0.05, 0) is 22.0 Å². The molecule has 1 heterocycles. The monoisotopic (exact) mass is 223 g/mol. The first-order valence-corrected chi connectivity index (χ1v) is 4.47. The number of halogens is 1. The molecule has 2 rings (SSSR count). The van der Waals surface area contributed by atoms with Gasteiger partial charge < -0.3 is 4.98 Å². The lowest BCUT2D eigenvalue weighted by molar-refractivity contribution is 1.41. The van der Waals surface area contributed by atoms with E-state index in [1.165, 1.54) is 0 Å². The lowest BCUT2D eigenvalue weighted by Gasteiger charge is -1.69. The van der Waals surface area contributed by atoms with Gasteiger partial charge in [0.15, 0.2) is 0 Å². The molecule has 0 aliphatic carbocycles. The second-order valence-electron chi connectivity index (χ2n) is 2.18. The summed E-state index contributed by atoms with van der Waals surface area (Å²) >= 11 is 3.25. The molecular weight excluding hydrogens is 214 g/mol. The first-order valence-electron chi connectivity index (χ1n) is 3.68. The highest BCUT2D eigenvalue weighted by Gasteiger charge is 1.75. The fraction of sp³-hybridized carbons (Fsp3) is 0. The van der Waals surface area contributed by atoms with Gasteiger partial charge in [0.25, 0.3) is 0 Å². The van der Waals surface area contributed by atoms with E-state index >= 15 is 0 Å². The smallest absolute Gasteiger partial charge is 0.0349 e. The lowest BCUT2D eigenvalue weighted by atomic mass is 10.4. The van der Waals surface area contributed by atoms with Crippen molar-refractivity contribution in [3.8, 4) is 0 Å². The van der Waals surface area contributed by atoms with Crippen LogP contribution in [0.15, 0.2) is 59.3 Å². The highest BCUT2D eigenvalue weighted by molar-refractivity contribution is 9.10. The molecule has 1 N–H and O–H groups in total. The Morgan fingerprint density at radius 1 is 0.917 bits per heavy atom. The Hall–Kier alpha value is -1.02. The van der Waals surface area contributed by atoms with Gasteiger partial charge >= 0.3 is 0 Å². The van der Waals surface area contributed by atoms with Crippen LogP contribution in [-0.4, -0.2) is 4.98 Å². The molecule has 1 aromatic carbocycles. The second-order valence-corrected chi connectivity index (χ2v) is 3.10. The third kappa shape index (κ3) is 3.98. The predicted molar refractivity (Wildman–Crippen MR) is 54.9 cm³/mol. The fourth-order valence-corrected chi connectivity index (χ4v) is 0.953. The minimum Gasteiger partial charge on any atom is -0.367 e. The van der Waals surface area contributed by atoms with Crippen molar-refractivity contribution in [2.24, 2.45) is 0 Å². The van der Waals surface area contributed by atoms with Gasteiger partial charge in [-0.15, -0.1) is 0 Å². The van der Waals surface area contributed by atoms with Crippen LogP contribution in [0.2, 0.25) is 0 Å². The van der Waals surface area contributed by atoms with Crippen molar-refractivity contribution in [1.82, 2.24) is 4.98 Å². The quantitative estimate of drug-likeness (QED) is 0.705. The summed E-state index contributed by atoms with van der Waals surface area (Å²) in [4.78, 5) is 2.88. The van der Waals surface area contributed by atoms with Crippen LogP contribution >= 0.6 is 15.9 Å². The molecule has 0 aliphatic heterocycles. The van der Waals surface area contributed by atoms with E-state index in [-0.39, 0.29) is 0 Å². The van der Waals surface area contributed by atoms with Crippen molar-refractivity contribution < 1.29 is 0 Å². The molecule has 2 heteroatoms. The summed E-state index contributed by atoms with van der Waals surface area (Å²) in [6.45, 7) is 0. The second kappa shape index (κ2) is 5.61. The van der Waals surface area contributed by atoms with E-state index in [0.29, 0.717) is 0 Å². The number of benzene rings is 1. The molecule has 0 radical (unpaired) electrons. The summed E-state index contributed by atoms with van der Waals surface area (Å²) < 4.78 is 1.10. The van der Waals surface area contributed by atoms with Gasteiger partial charge in [-0.2, -0.15) is 0 Å². The minimum atomic E-state index is 1.10. The molecule has 0 bridgehead atoms. The number of rotatable bonds is 0. The molecule has 12 heavy (non-hydrogen) atoms. The molecule has 0 unspecified atom stereocenters. The van der Waals surface area contributed by atoms with Crippen molar-refractivity contribution in [3.05, 3.63) is 59.3 Å². The third-order valence-electron chi connectivity index (χ3n) is 1.23. The van der Waals surface area contributed by atoms with Crippen LogP contribution in [0.5, 0.6) is 0 Å². The van der Waals surface area contributed by atoms with Gasteiger partial charge in [-0.25, -0.2) is 0 Å². The largest absolute Gasteiger partial charge is 0.367 e. The van der Waals surface area contributed by atoms with Crippen molar-refractivity contribution >= 4 is 15.9 Å².